The van der Waals surface area contributed by atoms with Gasteiger partial charge in [-0.05, 0) is 42.7 Å². The number of hydrogen-bond donors (Lipinski definition) is 0. The van der Waals surface area contributed by atoms with E-state index >= 15 is 0 Å². The van der Waals surface area contributed by atoms with E-state index in [1.165, 1.54) is 11.1 Å². The van der Waals surface area contributed by atoms with Gasteiger partial charge in [0.1, 0.15) is 10.6 Å². The van der Waals surface area contributed by atoms with E-state index in [2.05, 4.69) is 56.6 Å². The minimum absolute atomic E-state index is 0.208. The Morgan fingerprint density at radius 3 is 2.56 bits per heavy atom. The lowest BCUT2D eigenvalue weighted by Gasteiger charge is -2.26. The first kappa shape index (κ1) is 19.1. The average Bonchev–Trinajstić information content (AvgIpc) is 3.53. The van der Waals surface area contributed by atoms with Crippen LogP contribution in [0.5, 0.6) is 0 Å². The van der Waals surface area contributed by atoms with Gasteiger partial charge in [-0.25, -0.2) is 9.97 Å². The van der Waals surface area contributed by atoms with E-state index in [1.54, 1.807) is 17.5 Å². The zero-order valence-corrected chi connectivity index (χ0v) is 18.2. The molecule has 0 bridgehead atoms. The standard InChI is InChI=1S/C26H21N5S/c1-2-8-18(9-3-1)20-17-32-26-23(20)25(29-24(30-26)19-10-6-13-27-16-19)31-15-7-12-22(31)21-11-4-5-14-28-21/h1-6,8-11,13-14,16-17,22H,7,12,15H2. The molecular formula is C26H21N5S. The van der Waals surface area contributed by atoms with Crippen molar-refractivity contribution < 1.29 is 0 Å². The summed E-state index contributed by atoms with van der Waals surface area (Å²) < 4.78 is 0. The Bertz CT molecular complexity index is 1350. The largest absolute Gasteiger partial charge is 0.347 e. The van der Waals surface area contributed by atoms with Crippen LogP contribution in [-0.2, 0) is 0 Å². The fourth-order valence-corrected chi connectivity index (χ4v) is 5.43. The summed E-state index contributed by atoms with van der Waals surface area (Å²) in [6.45, 7) is 0.948. The molecule has 1 atom stereocenters. The number of anilines is 1. The minimum atomic E-state index is 0.208. The zero-order chi connectivity index (χ0) is 21.3. The summed E-state index contributed by atoms with van der Waals surface area (Å²) in [5, 5.41) is 3.33. The Morgan fingerprint density at radius 1 is 0.875 bits per heavy atom. The van der Waals surface area contributed by atoms with Gasteiger partial charge < -0.3 is 4.90 Å². The van der Waals surface area contributed by atoms with Crippen LogP contribution in [0.3, 0.4) is 0 Å². The topological polar surface area (TPSA) is 54.8 Å². The quantitative estimate of drug-likeness (QED) is 0.338. The number of fused-ring (bicyclic) bond motifs is 1. The number of thiophene rings is 1. The van der Waals surface area contributed by atoms with Crippen LogP contribution in [0, 0.1) is 0 Å². The molecule has 4 aromatic heterocycles. The molecule has 32 heavy (non-hydrogen) atoms. The number of rotatable bonds is 4. The Morgan fingerprint density at radius 2 is 1.75 bits per heavy atom. The summed E-state index contributed by atoms with van der Waals surface area (Å²) in [7, 11) is 0. The van der Waals surface area contributed by atoms with E-state index in [0.717, 1.165) is 46.7 Å². The highest BCUT2D eigenvalue weighted by Crippen LogP contribution is 2.43. The van der Waals surface area contributed by atoms with E-state index < -0.39 is 0 Å². The minimum Gasteiger partial charge on any atom is -0.347 e. The number of hydrogen-bond acceptors (Lipinski definition) is 6. The summed E-state index contributed by atoms with van der Waals surface area (Å²) in [5.41, 5.74) is 4.39. The molecule has 0 amide bonds. The third kappa shape index (κ3) is 3.33. The molecule has 0 saturated carbocycles. The lowest BCUT2D eigenvalue weighted by atomic mass is 10.1. The normalized spacial score (nSPS) is 16.0. The monoisotopic (exact) mass is 435 g/mol. The van der Waals surface area contributed by atoms with Crippen LogP contribution in [0.25, 0.3) is 32.7 Å². The zero-order valence-electron chi connectivity index (χ0n) is 17.4. The van der Waals surface area contributed by atoms with Gasteiger partial charge in [0, 0.05) is 41.6 Å². The maximum absolute atomic E-state index is 5.14. The third-order valence-electron chi connectivity index (χ3n) is 5.97. The first-order chi connectivity index (χ1) is 15.9. The lowest BCUT2D eigenvalue weighted by Crippen LogP contribution is -2.24. The van der Waals surface area contributed by atoms with Crippen molar-refractivity contribution in [1.29, 1.82) is 0 Å². The second kappa shape index (κ2) is 8.13. The van der Waals surface area contributed by atoms with Crippen molar-refractivity contribution in [2.24, 2.45) is 0 Å². The number of aromatic nitrogens is 4. The first-order valence-electron chi connectivity index (χ1n) is 10.8. The van der Waals surface area contributed by atoms with Gasteiger partial charge in [0.15, 0.2) is 5.82 Å². The molecule has 1 aliphatic heterocycles. The van der Waals surface area contributed by atoms with Gasteiger partial charge in [-0.2, -0.15) is 0 Å². The second-order valence-electron chi connectivity index (χ2n) is 7.91. The number of pyridine rings is 2. The van der Waals surface area contributed by atoms with Crippen molar-refractivity contribution in [3.8, 4) is 22.5 Å². The van der Waals surface area contributed by atoms with Gasteiger partial charge in [-0.15, -0.1) is 11.3 Å². The number of benzene rings is 1. The molecule has 1 unspecified atom stereocenters. The Kier molecular flexibility index (Phi) is 4.85. The van der Waals surface area contributed by atoms with Crippen molar-refractivity contribution in [3.63, 3.8) is 0 Å². The van der Waals surface area contributed by atoms with E-state index in [0.29, 0.717) is 5.82 Å². The molecule has 6 rings (SSSR count). The molecule has 0 N–H and O–H groups in total. The molecular weight excluding hydrogens is 414 g/mol. The highest BCUT2D eigenvalue weighted by molar-refractivity contribution is 7.17. The van der Waals surface area contributed by atoms with Gasteiger partial charge >= 0.3 is 0 Å². The van der Waals surface area contributed by atoms with Crippen molar-refractivity contribution in [2.45, 2.75) is 18.9 Å². The van der Waals surface area contributed by atoms with Gasteiger partial charge in [-0.3, -0.25) is 9.97 Å². The summed E-state index contributed by atoms with van der Waals surface area (Å²) in [5.74, 6) is 1.70. The maximum atomic E-state index is 5.14. The molecule has 0 spiro atoms. The lowest BCUT2D eigenvalue weighted by molar-refractivity contribution is 0.690. The van der Waals surface area contributed by atoms with Gasteiger partial charge in [0.25, 0.3) is 0 Å². The molecule has 5 aromatic rings. The summed E-state index contributed by atoms with van der Waals surface area (Å²) in [4.78, 5) is 22.5. The Labute approximate surface area is 190 Å². The fourth-order valence-electron chi connectivity index (χ4n) is 4.49. The van der Waals surface area contributed by atoms with Crippen LogP contribution in [0.15, 0.2) is 84.6 Å². The molecule has 1 aromatic carbocycles. The van der Waals surface area contributed by atoms with Crippen LogP contribution in [0.2, 0.25) is 0 Å². The average molecular weight is 436 g/mol. The van der Waals surface area contributed by atoms with Gasteiger partial charge in [-0.1, -0.05) is 36.4 Å². The predicted molar refractivity (Wildman–Crippen MR) is 130 cm³/mol. The van der Waals surface area contributed by atoms with Gasteiger partial charge in [0.2, 0.25) is 0 Å². The fraction of sp³-hybridized carbons (Fsp3) is 0.154. The van der Waals surface area contributed by atoms with Crippen molar-refractivity contribution >= 4 is 27.4 Å². The molecule has 1 saturated heterocycles. The van der Waals surface area contributed by atoms with E-state index in [4.69, 9.17) is 9.97 Å². The highest BCUT2D eigenvalue weighted by Gasteiger charge is 2.31. The van der Waals surface area contributed by atoms with Crippen molar-refractivity contribution in [1.82, 2.24) is 19.9 Å². The highest BCUT2D eigenvalue weighted by atomic mass is 32.1. The molecule has 5 nitrogen and oxygen atoms in total. The van der Waals surface area contributed by atoms with Crippen LogP contribution in [-0.4, -0.2) is 26.5 Å². The summed E-state index contributed by atoms with van der Waals surface area (Å²) in [6.07, 6.45) is 7.66. The van der Waals surface area contributed by atoms with E-state index in [1.807, 2.05) is 36.7 Å². The molecule has 1 aliphatic rings. The smallest absolute Gasteiger partial charge is 0.164 e. The Balaban J connectivity index is 1.58. The molecule has 6 heteroatoms. The van der Waals surface area contributed by atoms with Crippen LogP contribution in [0.4, 0.5) is 5.82 Å². The molecule has 0 aliphatic carbocycles. The SMILES string of the molecule is c1ccc(-c2csc3nc(-c4cccnc4)nc(N4CCCC4c4ccccn4)c23)cc1. The first-order valence-corrected chi connectivity index (χ1v) is 11.7. The molecule has 156 valence electrons. The summed E-state index contributed by atoms with van der Waals surface area (Å²) in [6, 6.07) is 20.8. The third-order valence-corrected chi connectivity index (χ3v) is 6.85. The summed E-state index contributed by atoms with van der Waals surface area (Å²) >= 11 is 1.67. The molecule has 5 heterocycles. The molecule has 0 radical (unpaired) electrons. The predicted octanol–water partition coefficient (Wildman–Crippen LogP) is 6.16. The van der Waals surface area contributed by atoms with Crippen LogP contribution < -0.4 is 4.90 Å². The van der Waals surface area contributed by atoms with Gasteiger partial charge in [0.05, 0.1) is 17.1 Å². The van der Waals surface area contributed by atoms with E-state index in [-0.39, 0.29) is 6.04 Å². The maximum Gasteiger partial charge on any atom is 0.164 e. The van der Waals surface area contributed by atoms with E-state index in [9.17, 15) is 0 Å². The number of nitrogens with zero attached hydrogens (tertiary/aromatic N) is 5. The van der Waals surface area contributed by atoms with Crippen molar-refractivity contribution in [2.75, 3.05) is 11.4 Å². The van der Waals surface area contributed by atoms with Crippen LogP contribution in [0.1, 0.15) is 24.6 Å². The Hall–Kier alpha value is -3.64. The molecule has 1 fully saturated rings. The van der Waals surface area contributed by atoms with Crippen molar-refractivity contribution in [3.05, 3.63) is 90.3 Å². The van der Waals surface area contributed by atoms with Crippen LogP contribution >= 0.6 is 11.3 Å². The second-order valence-corrected chi connectivity index (χ2v) is 8.77.